The van der Waals surface area contributed by atoms with E-state index in [-0.39, 0.29) is 11.8 Å². The number of amides is 2. The molecule has 35 heavy (non-hydrogen) atoms. The van der Waals surface area contributed by atoms with Crippen LogP contribution in [0.2, 0.25) is 5.02 Å². The summed E-state index contributed by atoms with van der Waals surface area (Å²) in [6, 6.07) is 20.8. The number of rotatable bonds is 4. The van der Waals surface area contributed by atoms with Crippen LogP contribution in [0.5, 0.6) is 0 Å². The second-order valence-corrected chi connectivity index (χ2v) is 10.1. The van der Waals surface area contributed by atoms with Crippen LogP contribution >= 0.6 is 23.4 Å². The molecule has 0 bridgehead atoms. The summed E-state index contributed by atoms with van der Waals surface area (Å²) in [6.45, 7) is 1.15. The number of nitrogens with one attached hydrogen (secondary N) is 3. The molecular weight excluding hydrogens is 480 g/mol. The van der Waals surface area contributed by atoms with Crippen LogP contribution in [0.4, 0.5) is 5.69 Å². The van der Waals surface area contributed by atoms with Crippen LogP contribution in [-0.2, 0) is 11.3 Å². The van der Waals surface area contributed by atoms with Crippen molar-refractivity contribution >= 4 is 46.7 Å². The van der Waals surface area contributed by atoms with Gasteiger partial charge in [-0.25, -0.2) is 0 Å². The molecule has 3 N–H and O–H groups in total. The molecule has 3 aromatic rings. The van der Waals surface area contributed by atoms with E-state index < -0.39 is 6.04 Å². The van der Waals surface area contributed by atoms with Gasteiger partial charge in [-0.3, -0.25) is 14.6 Å². The van der Waals surface area contributed by atoms with Gasteiger partial charge in [-0.2, -0.15) is 0 Å². The van der Waals surface area contributed by atoms with Gasteiger partial charge in [0.05, 0.1) is 12.2 Å². The van der Waals surface area contributed by atoms with Crippen molar-refractivity contribution in [2.45, 2.75) is 41.6 Å². The molecule has 5 rings (SSSR count). The molecule has 1 unspecified atom stereocenters. The summed E-state index contributed by atoms with van der Waals surface area (Å²) in [5, 5.41) is 9.91. The first-order valence-corrected chi connectivity index (χ1v) is 12.8. The second kappa shape index (κ2) is 10.5. The minimum atomic E-state index is -0.508. The minimum absolute atomic E-state index is 0.119. The van der Waals surface area contributed by atoms with Crippen molar-refractivity contribution in [3.63, 3.8) is 0 Å². The SMILES string of the molecule is O=C(NC1CCCCNC1=O)c1ccc2c(c1)NC(=NCc1ccc(Cl)cc1)c1ccccc1S2. The Hall–Kier alpha value is -3.29. The largest absolute Gasteiger partial charge is 0.354 e. The van der Waals surface area contributed by atoms with Crippen LogP contribution in [0.15, 0.2) is 81.5 Å². The Labute approximate surface area is 213 Å². The van der Waals surface area contributed by atoms with Gasteiger partial charge in [0.25, 0.3) is 5.91 Å². The lowest BCUT2D eigenvalue weighted by molar-refractivity contribution is -0.122. The molecule has 0 aromatic heterocycles. The fourth-order valence-corrected chi connectivity index (χ4v) is 5.27. The Morgan fingerprint density at radius 1 is 1.06 bits per heavy atom. The standard InChI is InChI=1S/C27H25ClN4O2S/c28-19-11-8-17(9-12-19)16-30-25-20-5-1-2-7-23(20)35-24-13-10-18(15-22(24)31-25)26(33)32-21-6-3-4-14-29-27(21)34/h1-2,5,7-13,15,21H,3-4,6,14,16H2,(H,29,34)(H,30,31)(H,32,33). The van der Waals surface area contributed by atoms with Gasteiger partial charge in [-0.1, -0.05) is 53.7 Å². The number of nitrogens with zero attached hydrogens (tertiary/aromatic N) is 1. The van der Waals surface area contributed by atoms with Crippen molar-refractivity contribution in [1.29, 1.82) is 0 Å². The lowest BCUT2D eigenvalue weighted by Crippen LogP contribution is -2.45. The van der Waals surface area contributed by atoms with E-state index in [1.165, 1.54) is 0 Å². The molecule has 0 spiro atoms. The summed E-state index contributed by atoms with van der Waals surface area (Å²) >= 11 is 7.65. The molecule has 1 fully saturated rings. The van der Waals surface area contributed by atoms with E-state index in [9.17, 15) is 9.59 Å². The smallest absolute Gasteiger partial charge is 0.252 e. The van der Waals surface area contributed by atoms with E-state index in [1.54, 1.807) is 17.8 Å². The van der Waals surface area contributed by atoms with E-state index in [0.717, 1.165) is 45.3 Å². The number of halogens is 1. The highest BCUT2D eigenvalue weighted by Crippen LogP contribution is 2.39. The van der Waals surface area contributed by atoms with Gasteiger partial charge in [0.15, 0.2) is 0 Å². The van der Waals surface area contributed by atoms with Crippen LogP contribution in [0.3, 0.4) is 0 Å². The molecule has 3 aromatic carbocycles. The Balaban J connectivity index is 1.42. The number of benzene rings is 3. The van der Waals surface area contributed by atoms with Crippen molar-refractivity contribution in [2.75, 3.05) is 11.9 Å². The maximum atomic E-state index is 13.0. The third kappa shape index (κ3) is 5.52. The highest BCUT2D eigenvalue weighted by molar-refractivity contribution is 7.99. The van der Waals surface area contributed by atoms with Gasteiger partial charge in [-0.05, 0) is 61.2 Å². The van der Waals surface area contributed by atoms with Crippen molar-refractivity contribution in [2.24, 2.45) is 4.99 Å². The quantitative estimate of drug-likeness (QED) is 0.452. The fourth-order valence-electron chi connectivity index (χ4n) is 4.13. The van der Waals surface area contributed by atoms with Crippen molar-refractivity contribution in [1.82, 2.24) is 10.6 Å². The lowest BCUT2D eigenvalue weighted by Gasteiger charge is -2.16. The Kier molecular flexibility index (Phi) is 7.06. The first-order valence-electron chi connectivity index (χ1n) is 11.6. The Bertz CT molecular complexity index is 1290. The van der Waals surface area contributed by atoms with Gasteiger partial charge in [-0.15, -0.1) is 0 Å². The van der Waals surface area contributed by atoms with E-state index in [1.807, 2.05) is 54.6 Å². The maximum Gasteiger partial charge on any atom is 0.252 e. The zero-order valence-electron chi connectivity index (χ0n) is 19.0. The number of hydrogen-bond donors (Lipinski definition) is 3. The minimum Gasteiger partial charge on any atom is -0.354 e. The summed E-state index contributed by atoms with van der Waals surface area (Å²) in [7, 11) is 0. The average Bonchev–Trinajstić information content (AvgIpc) is 3.17. The van der Waals surface area contributed by atoms with E-state index in [0.29, 0.717) is 30.1 Å². The predicted molar refractivity (Wildman–Crippen MR) is 140 cm³/mol. The number of carbonyl (C=O) groups is 2. The van der Waals surface area contributed by atoms with Gasteiger partial charge in [0.2, 0.25) is 5.91 Å². The van der Waals surface area contributed by atoms with E-state index in [4.69, 9.17) is 16.6 Å². The molecule has 0 saturated carbocycles. The molecule has 0 radical (unpaired) electrons. The first kappa shape index (κ1) is 23.5. The van der Waals surface area contributed by atoms with Crippen LogP contribution in [0.25, 0.3) is 0 Å². The normalized spacial score (nSPS) is 18.4. The molecule has 2 aliphatic heterocycles. The summed E-state index contributed by atoms with van der Waals surface area (Å²) in [5.74, 6) is 0.358. The number of fused-ring (bicyclic) bond motifs is 2. The Morgan fingerprint density at radius 2 is 1.89 bits per heavy atom. The summed E-state index contributed by atoms with van der Waals surface area (Å²) in [4.78, 5) is 32.2. The van der Waals surface area contributed by atoms with Gasteiger partial charge < -0.3 is 16.0 Å². The number of carbonyl (C=O) groups excluding carboxylic acids is 2. The average molecular weight is 505 g/mol. The van der Waals surface area contributed by atoms with Gasteiger partial charge in [0.1, 0.15) is 11.9 Å². The van der Waals surface area contributed by atoms with Gasteiger partial charge >= 0.3 is 0 Å². The molecule has 8 heteroatoms. The third-order valence-corrected chi connectivity index (χ3v) is 7.43. The van der Waals surface area contributed by atoms with Crippen molar-refractivity contribution in [3.8, 4) is 0 Å². The second-order valence-electron chi connectivity index (χ2n) is 8.54. The number of hydrogen-bond acceptors (Lipinski definition) is 4. The zero-order chi connectivity index (χ0) is 24.2. The molecule has 2 aliphatic rings. The number of anilines is 1. The van der Waals surface area contributed by atoms with Crippen LogP contribution in [0.1, 0.15) is 40.7 Å². The monoisotopic (exact) mass is 504 g/mol. The molecule has 178 valence electrons. The molecule has 1 atom stereocenters. The third-order valence-electron chi connectivity index (χ3n) is 6.03. The molecule has 6 nitrogen and oxygen atoms in total. The van der Waals surface area contributed by atoms with E-state index >= 15 is 0 Å². The van der Waals surface area contributed by atoms with Crippen LogP contribution < -0.4 is 16.0 Å². The molecular formula is C27H25ClN4O2S. The molecule has 1 saturated heterocycles. The van der Waals surface area contributed by atoms with Crippen LogP contribution in [-0.4, -0.2) is 30.2 Å². The molecule has 2 heterocycles. The summed E-state index contributed by atoms with van der Waals surface area (Å²) in [5.41, 5.74) is 3.35. The van der Waals surface area contributed by atoms with Crippen molar-refractivity contribution in [3.05, 3.63) is 88.4 Å². The summed E-state index contributed by atoms with van der Waals surface area (Å²) in [6.07, 6.45) is 2.47. The fraction of sp³-hybridized carbons (Fsp3) is 0.222. The topological polar surface area (TPSA) is 82.6 Å². The van der Waals surface area contributed by atoms with E-state index in [2.05, 4.69) is 22.0 Å². The highest BCUT2D eigenvalue weighted by Gasteiger charge is 2.24. The molecule has 2 amide bonds. The zero-order valence-corrected chi connectivity index (χ0v) is 20.6. The molecule has 0 aliphatic carbocycles. The Morgan fingerprint density at radius 3 is 2.74 bits per heavy atom. The lowest BCUT2D eigenvalue weighted by atomic mass is 10.1. The maximum absolute atomic E-state index is 13.0. The predicted octanol–water partition coefficient (Wildman–Crippen LogP) is 5.26. The van der Waals surface area contributed by atoms with Crippen molar-refractivity contribution < 1.29 is 9.59 Å². The number of amidine groups is 1. The van der Waals surface area contributed by atoms with Crippen LogP contribution in [0, 0.1) is 0 Å². The highest BCUT2D eigenvalue weighted by atomic mass is 35.5. The summed E-state index contributed by atoms with van der Waals surface area (Å²) < 4.78 is 0. The van der Waals surface area contributed by atoms with Gasteiger partial charge in [0, 0.05) is 32.5 Å². The number of aliphatic imine (C=N–C) groups is 1. The first-order chi connectivity index (χ1) is 17.1.